The van der Waals surface area contributed by atoms with Crippen molar-refractivity contribution < 1.29 is 4.74 Å². The number of ether oxygens (including phenoxy) is 1. The highest BCUT2D eigenvalue weighted by Crippen LogP contribution is 2.27. The standard InChI is InChI=1S/C12H19ClN2O/c1-9(14)11-8-10(13)4-5-12(11)16-7-6-15(2)3/h4-5,8-9H,6-7,14H2,1-3H3/t9-/m0/s1. The van der Waals surface area contributed by atoms with E-state index < -0.39 is 0 Å². The van der Waals surface area contributed by atoms with Gasteiger partial charge in [-0.25, -0.2) is 0 Å². The van der Waals surface area contributed by atoms with Gasteiger partial charge in [0.15, 0.2) is 0 Å². The highest BCUT2D eigenvalue weighted by molar-refractivity contribution is 6.30. The van der Waals surface area contributed by atoms with Crippen molar-refractivity contribution >= 4 is 11.6 Å². The van der Waals surface area contributed by atoms with Crippen LogP contribution < -0.4 is 10.5 Å². The Balaban J connectivity index is 2.71. The maximum atomic E-state index is 5.93. The van der Waals surface area contributed by atoms with E-state index in [4.69, 9.17) is 22.1 Å². The van der Waals surface area contributed by atoms with Gasteiger partial charge >= 0.3 is 0 Å². The molecule has 0 aliphatic heterocycles. The van der Waals surface area contributed by atoms with Crippen molar-refractivity contribution in [2.75, 3.05) is 27.2 Å². The summed E-state index contributed by atoms with van der Waals surface area (Å²) >= 11 is 5.93. The fourth-order valence-corrected chi connectivity index (χ4v) is 1.53. The number of benzene rings is 1. The Bertz CT molecular complexity index is 340. The molecular formula is C12H19ClN2O. The van der Waals surface area contributed by atoms with Gasteiger partial charge in [0.05, 0.1) is 0 Å². The summed E-state index contributed by atoms with van der Waals surface area (Å²) in [5.41, 5.74) is 6.82. The molecule has 0 aromatic heterocycles. The lowest BCUT2D eigenvalue weighted by Crippen LogP contribution is -2.20. The number of nitrogens with two attached hydrogens (primary N) is 1. The Labute approximate surface area is 102 Å². The van der Waals surface area contributed by atoms with Gasteiger partial charge < -0.3 is 15.4 Å². The van der Waals surface area contributed by atoms with Crippen LogP contribution in [0.3, 0.4) is 0 Å². The van der Waals surface area contributed by atoms with Gasteiger partial charge in [-0.2, -0.15) is 0 Å². The van der Waals surface area contributed by atoms with E-state index >= 15 is 0 Å². The summed E-state index contributed by atoms with van der Waals surface area (Å²) in [7, 11) is 4.02. The molecule has 0 amide bonds. The van der Waals surface area contributed by atoms with E-state index in [2.05, 4.69) is 4.90 Å². The third-order valence-electron chi connectivity index (χ3n) is 2.26. The van der Waals surface area contributed by atoms with Gasteiger partial charge in [0.2, 0.25) is 0 Å². The third kappa shape index (κ3) is 4.00. The van der Waals surface area contributed by atoms with Crippen LogP contribution in [0, 0.1) is 0 Å². The fourth-order valence-electron chi connectivity index (χ4n) is 1.34. The van der Waals surface area contributed by atoms with E-state index in [9.17, 15) is 0 Å². The monoisotopic (exact) mass is 242 g/mol. The lowest BCUT2D eigenvalue weighted by molar-refractivity contribution is 0.259. The van der Waals surface area contributed by atoms with E-state index in [-0.39, 0.29) is 6.04 Å². The highest BCUT2D eigenvalue weighted by Gasteiger charge is 2.08. The van der Waals surface area contributed by atoms with Gasteiger partial charge in [-0.05, 0) is 39.2 Å². The average molecular weight is 243 g/mol. The normalized spacial score (nSPS) is 12.9. The van der Waals surface area contributed by atoms with E-state index in [0.717, 1.165) is 17.9 Å². The van der Waals surface area contributed by atoms with Crippen LogP contribution in [0.25, 0.3) is 0 Å². The van der Waals surface area contributed by atoms with Crippen molar-refractivity contribution in [3.8, 4) is 5.75 Å². The Morgan fingerprint density at radius 1 is 1.44 bits per heavy atom. The van der Waals surface area contributed by atoms with Crippen molar-refractivity contribution in [3.05, 3.63) is 28.8 Å². The number of hydrogen-bond donors (Lipinski definition) is 1. The minimum atomic E-state index is -0.0759. The SMILES string of the molecule is C[C@H](N)c1cc(Cl)ccc1OCCN(C)C. The summed E-state index contributed by atoms with van der Waals surface area (Å²) in [5.74, 6) is 0.821. The highest BCUT2D eigenvalue weighted by atomic mass is 35.5. The lowest BCUT2D eigenvalue weighted by Gasteiger charge is -2.16. The summed E-state index contributed by atoms with van der Waals surface area (Å²) in [5, 5.41) is 0.687. The molecule has 0 aliphatic rings. The Morgan fingerprint density at radius 3 is 2.69 bits per heavy atom. The summed E-state index contributed by atoms with van der Waals surface area (Å²) < 4.78 is 5.68. The molecule has 0 saturated carbocycles. The van der Waals surface area contributed by atoms with Gasteiger partial charge in [-0.3, -0.25) is 0 Å². The quantitative estimate of drug-likeness (QED) is 0.861. The van der Waals surface area contributed by atoms with Crippen LogP contribution in [0.4, 0.5) is 0 Å². The topological polar surface area (TPSA) is 38.5 Å². The van der Waals surface area contributed by atoms with Crippen molar-refractivity contribution in [1.82, 2.24) is 4.90 Å². The average Bonchev–Trinajstić information content (AvgIpc) is 2.19. The van der Waals surface area contributed by atoms with E-state index in [1.165, 1.54) is 0 Å². The van der Waals surface area contributed by atoms with Crippen LogP contribution in [0.2, 0.25) is 5.02 Å². The lowest BCUT2D eigenvalue weighted by atomic mass is 10.1. The molecule has 3 nitrogen and oxygen atoms in total. The molecule has 0 radical (unpaired) electrons. The smallest absolute Gasteiger partial charge is 0.124 e. The summed E-state index contributed by atoms with van der Waals surface area (Å²) in [4.78, 5) is 2.07. The van der Waals surface area contributed by atoms with Crippen molar-refractivity contribution in [1.29, 1.82) is 0 Å². The summed E-state index contributed by atoms with van der Waals surface area (Å²) in [6.45, 7) is 3.44. The Kier molecular flexibility index (Phi) is 5.06. The van der Waals surface area contributed by atoms with Gasteiger partial charge in [0, 0.05) is 23.2 Å². The Hall–Kier alpha value is -0.770. The minimum absolute atomic E-state index is 0.0759. The van der Waals surface area contributed by atoms with Crippen molar-refractivity contribution in [2.45, 2.75) is 13.0 Å². The summed E-state index contributed by atoms with van der Waals surface area (Å²) in [6, 6.07) is 5.47. The molecule has 16 heavy (non-hydrogen) atoms. The molecule has 1 atom stereocenters. The maximum Gasteiger partial charge on any atom is 0.124 e. The molecule has 0 fully saturated rings. The first-order chi connectivity index (χ1) is 7.50. The zero-order chi connectivity index (χ0) is 12.1. The number of hydrogen-bond acceptors (Lipinski definition) is 3. The van der Waals surface area contributed by atoms with Crippen molar-refractivity contribution in [2.24, 2.45) is 5.73 Å². The molecular weight excluding hydrogens is 224 g/mol. The van der Waals surface area contributed by atoms with Crippen LogP contribution in [-0.2, 0) is 0 Å². The third-order valence-corrected chi connectivity index (χ3v) is 2.49. The molecule has 0 unspecified atom stereocenters. The van der Waals surface area contributed by atoms with Gasteiger partial charge in [-0.1, -0.05) is 11.6 Å². The van der Waals surface area contributed by atoms with E-state index in [1.807, 2.05) is 39.2 Å². The van der Waals surface area contributed by atoms with Gasteiger partial charge in [0.25, 0.3) is 0 Å². The zero-order valence-electron chi connectivity index (χ0n) is 10.0. The largest absolute Gasteiger partial charge is 0.492 e. The minimum Gasteiger partial charge on any atom is -0.492 e. The molecule has 0 saturated heterocycles. The Morgan fingerprint density at radius 2 is 2.12 bits per heavy atom. The molecule has 0 spiro atoms. The predicted molar refractivity (Wildman–Crippen MR) is 68.1 cm³/mol. The van der Waals surface area contributed by atoms with Crippen LogP contribution in [0.15, 0.2) is 18.2 Å². The number of likely N-dealkylation sites (N-methyl/N-ethyl adjacent to an activating group) is 1. The first-order valence-corrected chi connectivity index (χ1v) is 5.71. The second-order valence-electron chi connectivity index (χ2n) is 4.12. The molecule has 90 valence electrons. The summed E-state index contributed by atoms with van der Waals surface area (Å²) in [6.07, 6.45) is 0. The molecule has 1 rings (SSSR count). The molecule has 1 aromatic rings. The second kappa shape index (κ2) is 6.09. The van der Waals surface area contributed by atoms with Crippen LogP contribution in [0.5, 0.6) is 5.75 Å². The number of halogens is 1. The molecule has 1 aromatic carbocycles. The van der Waals surface area contributed by atoms with E-state index in [1.54, 1.807) is 0 Å². The van der Waals surface area contributed by atoms with Gasteiger partial charge in [0.1, 0.15) is 12.4 Å². The first-order valence-electron chi connectivity index (χ1n) is 5.33. The zero-order valence-corrected chi connectivity index (χ0v) is 10.8. The second-order valence-corrected chi connectivity index (χ2v) is 4.56. The van der Waals surface area contributed by atoms with E-state index in [0.29, 0.717) is 11.6 Å². The van der Waals surface area contributed by atoms with Gasteiger partial charge in [-0.15, -0.1) is 0 Å². The van der Waals surface area contributed by atoms with Crippen molar-refractivity contribution in [3.63, 3.8) is 0 Å². The molecule has 0 bridgehead atoms. The number of nitrogens with zero attached hydrogens (tertiary/aromatic N) is 1. The predicted octanol–water partition coefficient (Wildman–Crippen LogP) is 2.30. The number of rotatable bonds is 5. The molecule has 0 aliphatic carbocycles. The fraction of sp³-hybridized carbons (Fsp3) is 0.500. The maximum absolute atomic E-state index is 5.93. The van der Waals surface area contributed by atoms with Crippen LogP contribution in [-0.4, -0.2) is 32.1 Å². The first kappa shape index (κ1) is 13.3. The molecule has 4 heteroatoms. The molecule has 0 heterocycles. The molecule has 2 N–H and O–H groups in total. The van der Waals surface area contributed by atoms with Crippen LogP contribution in [0.1, 0.15) is 18.5 Å². The van der Waals surface area contributed by atoms with Crippen LogP contribution >= 0.6 is 11.6 Å².